The second-order valence-corrected chi connectivity index (χ2v) is 26.9. The number of aromatic amines is 6. The molecule has 1 aliphatic heterocycles. The molecule has 0 fully saturated rings. The van der Waals surface area contributed by atoms with Crippen LogP contribution >= 0.6 is 0 Å². The lowest BCUT2D eigenvalue weighted by molar-refractivity contribution is -0.141. The topological polar surface area (TPSA) is 454 Å². The minimum absolute atomic E-state index is 0. The first-order valence-electron chi connectivity index (χ1n) is 35.2. The van der Waals surface area contributed by atoms with Crippen LogP contribution in [0.4, 0.5) is 0 Å². The third-order valence-corrected chi connectivity index (χ3v) is 19.1. The average molecular weight is 1520 g/mol. The molecule has 0 bridgehead atoms. The van der Waals surface area contributed by atoms with E-state index in [2.05, 4.69) is 41.8 Å². The van der Waals surface area contributed by atoms with Gasteiger partial charge in [0.05, 0.1) is 123 Å². The van der Waals surface area contributed by atoms with Crippen molar-refractivity contribution >= 4 is 71.6 Å². The highest BCUT2D eigenvalue weighted by Gasteiger charge is 2.34. The van der Waals surface area contributed by atoms with E-state index < -0.39 is 71.3 Å². The number of hydrogen-bond acceptors (Lipinski definition) is 24. The summed E-state index contributed by atoms with van der Waals surface area (Å²) < 4.78 is 63.3. The van der Waals surface area contributed by atoms with Crippen LogP contribution in [0, 0.1) is 0 Å². The van der Waals surface area contributed by atoms with Crippen LogP contribution in [-0.4, -0.2) is 191 Å². The zero-order chi connectivity index (χ0) is 79.3. The molecule has 32 nitrogen and oxygen atoms in total. The number of carbonyl (C=O) groups excluding carboxylic acids is 12. The van der Waals surface area contributed by atoms with Gasteiger partial charge in [-0.05, 0) is 126 Å². The maximum Gasteiger partial charge on any atom is 0.355 e. The summed E-state index contributed by atoms with van der Waals surface area (Å²) in [4.78, 5) is 182. The summed E-state index contributed by atoms with van der Waals surface area (Å²) in [5.41, 5.74) is 10.6. The SMILES string of the molecule is C=C(Cc1c(Cc2[nH]c(Cc3[nH]c(Cc4[nH]c(Cc5[nH]c(Cc6[nH]c7c(c6CCC(=O)OC)CC(=O)NC7)c(CC(=O)OC)c5CCC(=O)OC)c(CCC(=O)OC)c4CC(=O)OC)c(CC(=O)OC)c3CCC(=O)OC)c(CC(=O)OC)c2CCC(=O)OC)[nH]c(C(=O)OC(C)(C)C)c1CCC(=O)OC)OC.O. The normalized spacial score (nSPS) is 11.7. The van der Waals surface area contributed by atoms with E-state index in [9.17, 15) is 57.5 Å². The molecule has 1 amide bonds. The van der Waals surface area contributed by atoms with Crippen molar-refractivity contribution in [3.8, 4) is 0 Å². The molecule has 0 aliphatic carbocycles. The van der Waals surface area contributed by atoms with Crippen LogP contribution in [0.1, 0.15) is 199 Å². The van der Waals surface area contributed by atoms with Gasteiger partial charge in [0.15, 0.2) is 0 Å². The summed E-state index contributed by atoms with van der Waals surface area (Å²) >= 11 is 0. The Labute approximate surface area is 630 Å². The molecule has 1 aliphatic rings. The summed E-state index contributed by atoms with van der Waals surface area (Å²) in [5.74, 6) is -6.59. The van der Waals surface area contributed by atoms with Crippen LogP contribution in [0.2, 0.25) is 0 Å². The quantitative estimate of drug-likeness (QED) is 0.0149. The number of fused-ring (bicyclic) bond motifs is 1. The monoisotopic (exact) mass is 1520 g/mol. The lowest BCUT2D eigenvalue weighted by atomic mass is 9.93. The van der Waals surface area contributed by atoms with E-state index in [1.807, 2.05) is 0 Å². The van der Waals surface area contributed by atoms with Crippen molar-refractivity contribution in [1.29, 1.82) is 0 Å². The highest BCUT2D eigenvalue weighted by atomic mass is 16.6. The van der Waals surface area contributed by atoms with Gasteiger partial charge in [-0.1, -0.05) is 6.58 Å². The number of amides is 1. The van der Waals surface area contributed by atoms with Gasteiger partial charge in [-0.2, -0.15) is 0 Å². The van der Waals surface area contributed by atoms with Crippen molar-refractivity contribution in [2.45, 2.75) is 181 Å². The van der Waals surface area contributed by atoms with Gasteiger partial charge < -0.3 is 97.5 Å². The number of esters is 11. The van der Waals surface area contributed by atoms with Crippen LogP contribution in [0.3, 0.4) is 0 Å². The zero-order valence-electron chi connectivity index (χ0n) is 64.5. The maximum absolute atomic E-state index is 14.2. The van der Waals surface area contributed by atoms with E-state index in [4.69, 9.17) is 56.8 Å². The van der Waals surface area contributed by atoms with Crippen molar-refractivity contribution in [3.63, 3.8) is 0 Å². The Morgan fingerprint density at radius 3 is 0.872 bits per heavy atom. The first-order chi connectivity index (χ1) is 51.5. The van der Waals surface area contributed by atoms with E-state index >= 15 is 0 Å². The van der Waals surface area contributed by atoms with Gasteiger partial charge >= 0.3 is 65.7 Å². The summed E-state index contributed by atoms with van der Waals surface area (Å²) in [6, 6.07) is 0. The minimum Gasteiger partial charge on any atom is -0.501 e. The van der Waals surface area contributed by atoms with Crippen LogP contribution in [-0.2, 0) is 225 Å². The second-order valence-electron chi connectivity index (χ2n) is 26.9. The van der Waals surface area contributed by atoms with Crippen LogP contribution in [0.15, 0.2) is 12.3 Å². The van der Waals surface area contributed by atoms with Gasteiger partial charge in [-0.25, -0.2) is 4.79 Å². The number of rotatable bonds is 40. The first kappa shape index (κ1) is 86.7. The molecule has 0 unspecified atom stereocenters. The van der Waals surface area contributed by atoms with Crippen molar-refractivity contribution in [1.82, 2.24) is 35.2 Å². The predicted molar refractivity (Wildman–Crippen MR) is 388 cm³/mol. The van der Waals surface area contributed by atoms with Crippen molar-refractivity contribution < 1.29 is 120 Å². The molecule has 6 aromatic rings. The fourth-order valence-corrected chi connectivity index (χ4v) is 13.8. The average Bonchev–Trinajstić information content (AvgIpc) is 1.62. The van der Waals surface area contributed by atoms with Gasteiger partial charge in [0.1, 0.15) is 11.3 Å². The van der Waals surface area contributed by atoms with E-state index in [1.165, 1.54) is 78.2 Å². The molecule has 32 heteroatoms. The van der Waals surface area contributed by atoms with Crippen molar-refractivity contribution in [2.24, 2.45) is 0 Å². The molecule has 0 atom stereocenters. The number of ether oxygens (including phenoxy) is 12. The van der Waals surface area contributed by atoms with E-state index in [0.29, 0.717) is 124 Å². The van der Waals surface area contributed by atoms with Crippen molar-refractivity contribution in [2.75, 3.05) is 78.2 Å². The molecular weight excluding hydrogens is 1420 g/mol. The second kappa shape index (κ2) is 40.1. The van der Waals surface area contributed by atoms with Crippen molar-refractivity contribution in [3.05, 3.63) is 147 Å². The summed E-state index contributed by atoms with van der Waals surface area (Å²) in [5, 5.41) is 2.86. The van der Waals surface area contributed by atoms with E-state index in [0.717, 1.165) is 11.3 Å². The fourth-order valence-electron chi connectivity index (χ4n) is 13.8. The van der Waals surface area contributed by atoms with Crippen LogP contribution in [0.5, 0.6) is 0 Å². The third kappa shape index (κ3) is 22.9. The number of nitrogens with one attached hydrogen (secondary N) is 7. The molecule has 6 aromatic heterocycles. The Kier molecular flexibility index (Phi) is 31.9. The Hall–Kier alpha value is -11.2. The highest BCUT2D eigenvalue weighted by molar-refractivity contribution is 5.91. The molecule has 9 N–H and O–H groups in total. The number of allylic oxidation sites excluding steroid dienone is 1. The molecule has 0 spiro atoms. The first-order valence-corrected chi connectivity index (χ1v) is 35.2. The largest absolute Gasteiger partial charge is 0.501 e. The Bertz CT molecular complexity index is 4350. The Balaban J connectivity index is 0.0000186. The van der Waals surface area contributed by atoms with Gasteiger partial charge in [-0.3, -0.25) is 52.7 Å². The summed E-state index contributed by atoms with van der Waals surface area (Å²) in [6.07, 6.45) is -2.00. The summed E-state index contributed by atoms with van der Waals surface area (Å²) in [7, 11) is 13.8. The predicted octanol–water partition coefficient (Wildman–Crippen LogP) is 5.11. The Morgan fingerprint density at radius 2 is 0.587 bits per heavy atom. The number of methoxy groups -OCH3 is 11. The molecule has 0 radical (unpaired) electrons. The molecular formula is C77H101N7O25. The van der Waals surface area contributed by atoms with Crippen LogP contribution < -0.4 is 5.32 Å². The molecule has 594 valence electrons. The number of hydrogen-bond donors (Lipinski definition) is 7. The minimum atomic E-state index is -0.950. The molecule has 0 saturated carbocycles. The van der Waals surface area contributed by atoms with Gasteiger partial charge in [0.2, 0.25) is 5.91 Å². The lowest BCUT2D eigenvalue weighted by Gasteiger charge is -2.19. The summed E-state index contributed by atoms with van der Waals surface area (Å²) in [6.45, 7) is 9.41. The van der Waals surface area contributed by atoms with E-state index in [1.54, 1.807) is 20.8 Å². The maximum atomic E-state index is 14.2. The molecule has 7 rings (SSSR count). The molecule has 0 saturated heterocycles. The number of carbonyl (C=O) groups is 12. The van der Waals surface area contributed by atoms with Gasteiger partial charge in [0, 0.05) is 140 Å². The number of H-pyrrole nitrogens is 6. The number of aromatic nitrogens is 6. The molecule has 7 heterocycles. The lowest BCUT2D eigenvalue weighted by Crippen LogP contribution is -2.30. The molecule has 109 heavy (non-hydrogen) atoms. The highest BCUT2D eigenvalue weighted by Crippen LogP contribution is 2.37. The fraction of sp³-hybridized carbons (Fsp3) is 0.506. The van der Waals surface area contributed by atoms with Crippen LogP contribution in [0.25, 0.3) is 0 Å². The Morgan fingerprint density at radius 1 is 0.330 bits per heavy atom. The zero-order valence-corrected chi connectivity index (χ0v) is 64.5. The standard InChI is InChI=1S/C77H99N7O24.H2O/c1-40(97-5)28-47-46(21-27-70(91)103-11)75(76(96)108-77(2,3)4)84-62(47)37-56-45(20-26-69(90)102-10)50(31-72(93)105-13)58(82-56)35-55-44(19-25-68(89)101-9)52(33-74(95)107-15)61(81-55)38-60-51(32-73(94)106-14)43(18-24-67(88)100-8)54(80-60)34-53-42(17-23-66(87)99-7)49(30-71(92)104-12)59(79-53)36-57-41(16-22-65(86)98-6)48-29-64(85)78-39-63(48)83-57;/h79-84H,1,16-39H2,2-15H3,(H,78,85);1H2. The molecule has 0 aromatic carbocycles. The van der Waals surface area contributed by atoms with E-state index in [-0.39, 0.29) is 171 Å². The van der Waals surface area contributed by atoms with Gasteiger partial charge in [0.25, 0.3) is 0 Å². The third-order valence-electron chi connectivity index (χ3n) is 19.1. The van der Waals surface area contributed by atoms with Gasteiger partial charge in [-0.15, -0.1) is 0 Å². The smallest absolute Gasteiger partial charge is 0.355 e.